The van der Waals surface area contributed by atoms with E-state index in [9.17, 15) is 0 Å². The fourth-order valence-corrected chi connectivity index (χ4v) is 4.53. The van der Waals surface area contributed by atoms with Crippen LogP contribution >= 0.6 is 12.6 Å². The van der Waals surface area contributed by atoms with Gasteiger partial charge >= 0.3 is 0 Å². The molecule has 0 spiro atoms. The first kappa shape index (κ1) is 11.2. The number of hydrogen-bond acceptors (Lipinski definition) is 2. The van der Waals surface area contributed by atoms with E-state index in [4.69, 9.17) is 4.43 Å². The predicted octanol–water partition coefficient (Wildman–Crippen LogP) is 3.00. The molecule has 1 nitrogen and oxygen atoms in total. The average molecular weight is 237 g/mol. The molecule has 1 aromatic rings. The van der Waals surface area contributed by atoms with Crippen LogP contribution in [0.1, 0.15) is 24.0 Å². The molecule has 1 saturated heterocycles. The number of hydrogen-bond donors (Lipinski definition) is 1. The van der Waals surface area contributed by atoms with Crippen molar-refractivity contribution in [1.82, 2.24) is 0 Å². The summed E-state index contributed by atoms with van der Waals surface area (Å²) in [5, 5.41) is 0. The fraction of sp³-hybridized carbons (Fsp3) is 0.500. The summed E-state index contributed by atoms with van der Waals surface area (Å²) in [6.07, 6.45) is 2.61. The van der Waals surface area contributed by atoms with Crippen molar-refractivity contribution in [1.29, 1.82) is 0 Å². The third-order valence-corrected chi connectivity index (χ3v) is 5.47. The van der Waals surface area contributed by atoms with E-state index in [1.807, 2.05) is 0 Å². The van der Waals surface area contributed by atoms with Gasteiger partial charge in [0.15, 0.2) is 0 Å². The summed E-state index contributed by atoms with van der Waals surface area (Å²) >= 11 is 4.37. The van der Waals surface area contributed by atoms with Crippen LogP contribution in [-0.2, 0) is 16.2 Å². The topological polar surface area (TPSA) is 9.23 Å². The quantitative estimate of drug-likeness (QED) is 0.628. The summed E-state index contributed by atoms with van der Waals surface area (Å²) in [6, 6.07) is 11.1. The van der Waals surface area contributed by atoms with E-state index in [-0.39, 0.29) is 0 Å². The predicted molar refractivity (Wildman–Crippen MR) is 68.6 cm³/mol. The van der Waals surface area contributed by atoms with Crippen LogP contribution in [0.15, 0.2) is 24.3 Å². The van der Waals surface area contributed by atoms with Crippen LogP contribution in [0.25, 0.3) is 0 Å². The normalized spacial score (nSPS) is 17.9. The Morgan fingerprint density at radius 1 is 1.20 bits per heavy atom. The minimum Gasteiger partial charge on any atom is -0.416 e. The highest BCUT2D eigenvalue weighted by molar-refractivity contribution is 7.79. The summed E-state index contributed by atoms with van der Waals surface area (Å²) < 4.78 is 5.86. The molecule has 1 aliphatic heterocycles. The summed E-state index contributed by atoms with van der Waals surface area (Å²) in [5.41, 5.74) is 2.82. The molecule has 0 unspecified atom stereocenters. The Hall–Kier alpha value is -0.253. The molecule has 0 aliphatic carbocycles. The molecular formula is C12H17OSSi. The van der Waals surface area contributed by atoms with Crippen LogP contribution in [0.4, 0.5) is 0 Å². The maximum absolute atomic E-state index is 5.86. The van der Waals surface area contributed by atoms with Crippen molar-refractivity contribution in [3.05, 3.63) is 35.4 Å². The van der Waals surface area contributed by atoms with Crippen molar-refractivity contribution in [2.24, 2.45) is 0 Å². The molecule has 1 fully saturated rings. The molecule has 3 heteroatoms. The third kappa shape index (κ3) is 3.10. The molecular weight excluding hydrogens is 220 g/mol. The fourth-order valence-electron chi connectivity index (χ4n) is 1.95. The molecule has 1 radical (unpaired) electrons. The molecule has 0 aromatic heterocycles. The van der Waals surface area contributed by atoms with Gasteiger partial charge in [0.2, 0.25) is 9.04 Å². The number of thiol groups is 1. The highest BCUT2D eigenvalue weighted by atomic mass is 32.1. The Bertz CT molecular complexity index is 310. The van der Waals surface area contributed by atoms with E-state index in [0.717, 1.165) is 18.4 Å². The second-order valence-corrected chi connectivity index (χ2v) is 6.48. The first-order valence-corrected chi connectivity index (χ1v) is 8.01. The van der Waals surface area contributed by atoms with Crippen LogP contribution in [0.5, 0.6) is 0 Å². The third-order valence-electron chi connectivity index (χ3n) is 2.83. The highest BCUT2D eigenvalue weighted by Crippen LogP contribution is 2.18. The van der Waals surface area contributed by atoms with Gasteiger partial charge in [0.1, 0.15) is 0 Å². The molecule has 1 heterocycles. The molecule has 0 saturated carbocycles. The molecule has 81 valence electrons. The van der Waals surface area contributed by atoms with Gasteiger partial charge in [-0.25, -0.2) is 0 Å². The van der Waals surface area contributed by atoms with Gasteiger partial charge in [-0.1, -0.05) is 30.7 Å². The van der Waals surface area contributed by atoms with Gasteiger partial charge in [-0.3, -0.25) is 0 Å². The maximum atomic E-state index is 5.86. The van der Waals surface area contributed by atoms with Gasteiger partial charge < -0.3 is 4.43 Å². The second-order valence-electron chi connectivity index (χ2n) is 3.95. The highest BCUT2D eigenvalue weighted by Gasteiger charge is 2.18. The molecule has 0 N–H and O–H groups in total. The Labute approximate surface area is 99.0 Å². The summed E-state index contributed by atoms with van der Waals surface area (Å²) in [5.74, 6) is 0.839. The van der Waals surface area contributed by atoms with Crippen molar-refractivity contribution in [3.63, 3.8) is 0 Å². The van der Waals surface area contributed by atoms with Gasteiger partial charge in [-0.2, -0.15) is 12.6 Å². The van der Waals surface area contributed by atoms with E-state index < -0.39 is 9.04 Å². The largest absolute Gasteiger partial charge is 0.416 e. The van der Waals surface area contributed by atoms with E-state index in [2.05, 4.69) is 36.9 Å². The lowest BCUT2D eigenvalue weighted by Gasteiger charge is -2.21. The summed E-state index contributed by atoms with van der Waals surface area (Å²) in [4.78, 5) is 0. The molecule has 1 aliphatic rings. The van der Waals surface area contributed by atoms with Crippen LogP contribution in [-0.4, -0.2) is 15.6 Å². The first-order chi connectivity index (χ1) is 7.40. The van der Waals surface area contributed by atoms with Gasteiger partial charge in [0, 0.05) is 12.4 Å². The van der Waals surface area contributed by atoms with E-state index in [1.165, 1.54) is 30.0 Å². The lowest BCUT2D eigenvalue weighted by molar-refractivity contribution is 0.286. The minimum atomic E-state index is -0.566. The van der Waals surface area contributed by atoms with E-state index in [1.54, 1.807) is 0 Å². The summed E-state index contributed by atoms with van der Waals surface area (Å²) in [7, 11) is -0.566. The molecule has 2 rings (SSSR count). The zero-order valence-corrected chi connectivity index (χ0v) is 10.8. The van der Waals surface area contributed by atoms with Crippen molar-refractivity contribution in [3.8, 4) is 0 Å². The van der Waals surface area contributed by atoms with Crippen LogP contribution in [0, 0.1) is 0 Å². The molecule has 15 heavy (non-hydrogen) atoms. The standard InChI is InChI=1S/C12H17OSSi/c14-9-11-5-1-2-6-12(11)10-15-8-4-3-7-13-15/h1-2,5-6,14H,3-4,7-10H2. The zero-order valence-electron chi connectivity index (χ0n) is 8.91. The molecule has 0 amide bonds. The van der Waals surface area contributed by atoms with Gasteiger partial charge in [-0.15, -0.1) is 0 Å². The maximum Gasteiger partial charge on any atom is 0.215 e. The smallest absolute Gasteiger partial charge is 0.215 e. The van der Waals surface area contributed by atoms with Crippen molar-refractivity contribution in [2.75, 3.05) is 6.61 Å². The Kier molecular flexibility index (Phi) is 4.29. The van der Waals surface area contributed by atoms with Gasteiger partial charge in [0.05, 0.1) is 0 Å². The average Bonchev–Trinajstić information content (AvgIpc) is 2.31. The number of benzene rings is 1. The van der Waals surface area contributed by atoms with Gasteiger partial charge in [0.25, 0.3) is 0 Å². The van der Waals surface area contributed by atoms with Crippen LogP contribution in [0.3, 0.4) is 0 Å². The van der Waals surface area contributed by atoms with Crippen molar-refractivity contribution >= 4 is 21.7 Å². The number of rotatable bonds is 3. The Balaban J connectivity index is 2.02. The van der Waals surface area contributed by atoms with Crippen LogP contribution < -0.4 is 0 Å². The lowest BCUT2D eigenvalue weighted by Crippen LogP contribution is -2.26. The monoisotopic (exact) mass is 237 g/mol. The van der Waals surface area contributed by atoms with Crippen molar-refractivity contribution < 1.29 is 4.43 Å². The van der Waals surface area contributed by atoms with E-state index >= 15 is 0 Å². The molecule has 0 atom stereocenters. The Morgan fingerprint density at radius 2 is 2.00 bits per heavy atom. The first-order valence-electron chi connectivity index (χ1n) is 5.55. The van der Waals surface area contributed by atoms with Crippen molar-refractivity contribution in [2.45, 2.75) is 30.7 Å². The Morgan fingerprint density at radius 3 is 2.67 bits per heavy atom. The minimum absolute atomic E-state index is 0.566. The van der Waals surface area contributed by atoms with Gasteiger partial charge in [-0.05, 0) is 29.6 Å². The van der Waals surface area contributed by atoms with E-state index in [0.29, 0.717) is 0 Å². The van der Waals surface area contributed by atoms with Crippen LogP contribution in [0.2, 0.25) is 6.04 Å². The zero-order chi connectivity index (χ0) is 10.5. The molecule has 0 bridgehead atoms. The lowest BCUT2D eigenvalue weighted by atomic mass is 10.1. The second kappa shape index (κ2) is 5.73. The molecule has 1 aromatic carbocycles. The summed E-state index contributed by atoms with van der Waals surface area (Å²) in [6.45, 7) is 0.983. The SMILES string of the molecule is SCc1ccccc1C[Si]1CCCCO1.